The standard InChI is InChI=1S/C24H23N3O4S/c1-13-9-14(2)22-17(25-32-20(22)10-13)12-26-18-6-4-3-5-16(18)23(30)27(24(26)31)19(11-21(28)29)15-7-8-15/h3-6,9-10,15,19H,7-8,11-12H2,1-2H3,(H,28,29). The quantitative estimate of drug-likeness (QED) is 0.482. The largest absolute Gasteiger partial charge is 0.481 e. The highest BCUT2D eigenvalue weighted by Gasteiger charge is 2.36. The van der Waals surface area contributed by atoms with Crippen LogP contribution in [0.3, 0.4) is 0 Å². The van der Waals surface area contributed by atoms with E-state index in [0.717, 1.165) is 39.7 Å². The lowest BCUT2D eigenvalue weighted by atomic mass is 10.1. The maximum Gasteiger partial charge on any atom is 0.332 e. The van der Waals surface area contributed by atoms with Gasteiger partial charge in [0.2, 0.25) is 0 Å². The SMILES string of the molecule is Cc1cc(C)c2c(Cn3c(=O)n(C(CC(=O)O)C4CC4)c(=O)c4ccccc43)nsc2c1. The van der Waals surface area contributed by atoms with Crippen molar-refractivity contribution < 1.29 is 9.90 Å². The summed E-state index contributed by atoms with van der Waals surface area (Å²) in [4.78, 5) is 38.5. The average molecular weight is 450 g/mol. The highest BCUT2D eigenvalue weighted by molar-refractivity contribution is 7.13. The van der Waals surface area contributed by atoms with Gasteiger partial charge in [0.15, 0.2) is 0 Å². The Morgan fingerprint density at radius 1 is 1.22 bits per heavy atom. The van der Waals surface area contributed by atoms with Crippen LogP contribution in [0.25, 0.3) is 21.0 Å². The first-order valence-electron chi connectivity index (χ1n) is 10.7. The molecule has 0 aliphatic heterocycles. The van der Waals surface area contributed by atoms with Crippen LogP contribution in [0.2, 0.25) is 0 Å². The fourth-order valence-corrected chi connectivity index (χ4v) is 5.66. The van der Waals surface area contributed by atoms with Crippen LogP contribution in [0.15, 0.2) is 46.0 Å². The van der Waals surface area contributed by atoms with Gasteiger partial charge in [0.1, 0.15) is 0 Å². The van der Waals surface area contributed by atoms with Gasteiger partial charge in [0.25, 0.3) is 5.56 Å². The number of hydrogen-bond donors (Lipinski definition) is 1. The fourth-order valence-electron chi connectivity index (χ4n) is 4.69. The predicted molar refractivity (Wildman–Crippen MR) is 125 cm³/mol. The maximum absolute atomic E-state index is 13.7. The first-order chi connectivity index (χ1) is 15.3. The summed E-state index contributed by atoms with van der Waals surface area (Å²) in [6, 6.07) is 10.6. The molecule has 5 rings (SSSR count). The number of carboxylic acid groups (broad SMARTS) is 1. The average Bonchev–Trinajstić information content (AvgIpc) is 3.51. The summed E-state index contributed by atoms with van der Waals surface area (Å²) in [5.74, 6) is -0.971. The summed E-state index contributed by atoms with van der Waals surface area (Å²) in [5, 5.41) is 10.9. The number of para-hydroxylation sites is 1. The normalized spacial score (nSPS) is 14.8. The molecule has 32 heavy (non-hydrogen) atoms. The molecule has 0 bridgehead atoms. The van der Waals surface area contributed by atoms with E-state index in [2.05, 4.69) is 16.5 Å². The molecule has 1 fully saturated rings. The molecule has 1 unspecified atom stereocenters. The van der Waals surface area contributed by atoms with Crippen LogP contribution >= 0.6 is 11.5 Å². The van der Waals surface area contributed by atoms with Gasteiger partial charge in [-0.1, -0.05) is 18.2 Å². The van der Waals surface area contributed by atoms with Crippen molar-refractivity contribution in [2.75, 3.05) is 0 Å². The number of aromatic nitrogens is 3. The number of carbonyl (C=O) groups is 1. The van der Waals surface area contributed by atoms with Gasteiger partial charge in [-0.15, -0.1) is 0 Å². The third kappa shape index (κ3) is 3.44. The number of nitrogens with zero attached hydrogens (tertiary/aromatic N) is 3. The molecule has 1 aliphatic rings. The number of benzene rings is 2. The molecule has 1 saturated carbocycles. The van der Waals surface area contributed by atoms with E-state index in [0.29, 0.717) is 10.9 Å². The zero-order chi connectivity index (χ0) is 22.6. The van der Waals surface area contributed by atoms with Crippen molar-refractivity contribution >= 4 is 38.5 Å². The monoisotopic (exact) mass is 449 g/mol. The Balaban J connectivity index is 1.74. The molecule has 7 nitrogen and oxygen atoms in total. The molecule has 8 heteroatoms. The van der Waals surface area contributed by atoms with Crippen LogP contribution in [-0.2, 0) is 11.3 Å². The second-order valence-corrected chi connectivity index (χ2v) is 9.45. The van der Waals surface area contributed by atoms with Crippen molar-refractivity contribution in [3.8, 4) is 0 Å². The summed E-state index contributed by atoms with van der Waals surface area (Å²) < 4.78 is 8.45. The second kappa shape index (κ2) is 7.70. The van der Waals surface area contributed by atoms with Crippen molar-refractivity contribution in [1.29, 1.82) is 0 Å². The minimum absolute atomic E-state index is 0.0384. The summed E-state index contributed by atoms with van der Waals surface area (Å²) in [7, 11) is 0. The first kappa shape index (κ1) is 20.6. The molecular formula is C24H23N3O4S. The van der Waals surface area contributed by atoms with E-state index in [1.165, 1.54) is 16.1 Å². The van der Waals surface area contributed by atoms with Crippen molar-refractivity contribution in [2.45, 2.75) is 45.7 Å². The van der Waals surface area contributed by atoms with Crippen LogP contribution in [0.4, 0.5) is 0 Å². The number of aryl methyl sites for hydroxylation is 2. The zero-order valence-electron chi connectivity index (χ0n) is 17.9. The van der Waals surface area contributed by atoms with Gasteiger partial charge < -0.3 is 5.11 Å². The minimum Gasteiger partial charge on any atom is -0.481 e. The molecule has 4 aromatic rings. The fraction of sp³-hybridized carbons (Fsp3) is 0.333. The maximum atomic E-state index is 13.7. The van der Waals surface area contributed by atoms with Gasteiger partial charge in [-0.2, -0.15) is 4.37 Å². The van der Waals surface area contributed by atoms with Gasteiger partial charge in [-0.3, -0.25) is 18.7 Å². The lowest BCUT2D eigenvalue weighted by molar-refractivity contribution is -0.138. The Morgan fingerprint density at radius 2 is 1.97 bits per heavy atom. The van der Waals surface area contributed by atoms with Crippen LogP contribution in [-0.4, -0.2) is 24.6 Å². The Morgan fingerprint density at radius 3 is 2.69 bits per heavy atom. The van der Waals surface area contributed by atoms with Gasteiger partial charge in [-0.05, 0) is 73.5 Å². The molecule has 0 saturated heterocycles. The third-order valence-corrected chi connectivity index (χ3v) is 7.09. The van der Waals surface area contributed by atoms with Crippen molar-refractivity contribution in [3.63, 3.8) is 0 Å². The molecule has 1 aliphatic carbocycles. The number of carboxylic acids is 1. The van der Waals surface area contributed by atoms with Crippen molar-refractivity contribution in [2.24, 2.45) is 5.92 Å². The van der Waals surface area contributed by atoms with Gasteiger partial charge in [0.05, 0.1) is 40.3 Å². The van der Waals surface area contributed by atoms with E-state index in [1.807, 2.05) is 13.8 Å². The smallest absolute Gasteiger partial charge is 0.332 e. The Hall–Kier alpha value is -3.26. The molecule has 1 N–H and O–H groups in total. The number of aliphatic carboxylic acids is 1. The van der Waals surface area contributed by atoms with Crippen molar-refractivity contribution in [1.82, 2.24) is 13.5 Å². The Labute approximate surface area is 187 Å². The predicted octanol–water partition coefficient (Wildman–Crippen LogP) is 3.86. The molecule has 2 heterocycles. The summed E-state index contributed by atoms with van der Waals surface area (Å²) in [6.45, 7) is 4.29. The van der Waals surface area contributed by atoms with Crippen LogP contribution < -0.4 is 11.2 Å². The molecule has 164 valence electrons. The number of hydrogen-bond acceptors (Lipinski definition) is 5. The van der Waals surface area contributed by atoms with Gasteiger partial charge in [0, 0.05) is 5.39 Å². The molecule has 0 spiro atoms. The minimum atomic E-state index is -1.01. The topological polar surface area (TPSA) is 94.2 Å². The van der Waals surface area contributed by atoms with E-state index in [-0.39, 0.29) is 18.9 Å². The highest BCUT2D eigenvalue weighted by Crippen LogP contribution is 2.40. The van der Waals surface area contributed by atoms with E-state index >= 15 is 0 Å². The van der Waals surface area contributed by atoms with E-state index in [9.17, 15) is 19.5 Å². The number of fused-ring (bicyclic) bond motifs is 2. The van der Waals surface area contributed by atoms with E-state index in [4.69, 9.17) is 0 Å². The zero-order valence-corrected chi connectivity index (χ0v) is 18.7. The summed E-state index contributed by atoms with van der Waals surface area (Å²) >= 11 is 1.40. The number of rotatable bonds is 6. The van der Waals surface area contributed by atoms with Crippen LogP contribution in [0, 0.1) is 19.8 Å². The molecular weight excluding hydrogens is 426 g/mol. The lowest BCUT2D eigenvalue weighted by Crippen LogP contribution is -2.43. The molecule has 2 aromatic heterocycles. The van der Waals surface area contributed by atoms with Crippen LogP contribution in [0.1, 0.15) is 42.1 Å². The van der Waals surface area contributed by atoms with E-state index < -0.39 is 23.3 Å². The van der Waals surface area contributed by atoms with Crippen molar-refractivity contribution in [3.05, 3.63) is 74.1 Å². The Kier molecular flexibility index (Phi) is 4.97. The first-order valence-corrected chi connectivity index (χ1v) is 11.4. The molecule has 1 atom stereocenters. The summed E-state index contributed by atoms with van der Waals surface area (Å²) in [6.07, 6.45) is 1.41. The lowest BCUT2D eigenvalue weighted by Gasteiger charge is -2.20. The van der Waals surface area contributed by atoms with E-state index in [1.54, 1.807) is 28.8 Å². The third-order valence-electron chi connectivity index (χ3n) is 6.26. The van der Waals surface area contributed by atoms with Crippen LogP contribution in [0.5, 0.6) is 0 Å². The molecule has 0 radical (unpaired) electrons. The van der Waals surface area contributed by atoms with Gasteiger partial charge >= 0.3 is 11.7 Å². The highest BCUT2D eigenvalue weighted by atomic mass is 32.1. The van der Waals surface area contributed by atoms with Gasteiger partial charge in [-0.25, -0.2) is 4.79 Å². The second-order valence-electron chi connectivity index (χ2n) is 8.65. The molecule has 2 aromatic carbocycles. The molecule has 0 amide bonds. The summed E-state index contributed by atoms with van der Waals surface area (Å²) in [5.41, 5.74) is 2.67. The Bertz CT molecular complexity index is 1490.